The molecule has 2 nitrogen and oxygen atoms in total. The van der Waals surface area contributed by atoms with Crippen molar-refractivity contribution < 1.29 is 9.47 Å². The maximum Gasteiger partial charge on any atom is 0.122 e. The van der Waals surface area contributed by atoms with Gasteiger partial charge in [-0.05, 0) is 55.4 Å². The fourth-order valence-electron chi connectivity index (χ4n) is 2.47. The van der Waals surface area contributed by atoms with E-state index in [-0.39, 0.29) is 0 Å². The van der Waals surface area contributed by atoms with Gasteiger partial charge < -0.3 is 9.47 Å². The van der Waals surface area contributed by atoms with Crippen molar-refractivity contribution in [3.63, 3.8) is 0 Å². The lowest BCUT2D eigenvalue weighted by Crippen LogP contribution is -2.08. The molecule has 0 amide bonds. The molecular formula is C16H23BrO2. The average Bonchev–Trinajstić information content (AvgIpc) is 2.89. The molecule has 1 aliphatic heterocycles. The highest BCUT2D eigenvalue weighted by molar-refractivity contribution is 9.10. The molecule has 1 aromatic rings. The third kappa shape index (κ3) is 4.50. The first-order valence-electron chi connectivity index (χ1n) is 7.20. The van der Waals surface area contributed by atoms with Gasteiger partial charge in [-0.15, -0.1) is 0 Å². The second kappa shape index (κ2) is 7.30. The van der Waals surface area contributed by atoms with Gasteiger partial charge >= 0.3 is 0 Å². The Labute approximate surface area is 124 Å². The zero-order chi connectivity index (χ0) is 13.7. The van der Waals surface area contributed by atoms with E-state index in [9.17, 15) is 0 Å². The van der Waals surface area contributed by atoms with Gasteiger partial charge in [-0.2, -0.15) is 0 Å². The van der Waals surface area contributed by atoms with Crippen molar-refractivity contribution in [3.05, 3.63) is 28.2 Å². The lowest BCUT2D eigenvalue weighted by Gasteiger charge is -2.15. The minimum atomic E-state index is 0.470. The summed E-state index contributed by atoms with van der Waals surface area (Å²) in [5.74, 6) is 1.50. The maximum atomic E-state index is 5.94. The molecular weight excluding hydrogens is 304 g/mol. The van der Waals surface area contributed by atoms with Crippen LogP contribution in [0.15, 0.2) is 22.7 Å². The van der Waals surface area contributed by atoms with Crippen LogP contribution in [-0.4, -0.2) is 19.3 Å². The van der Waals surface area contributed by atoms with Gasteiger partial charge in [0.15, 0.2) is 0 Å². The van der Waals surface area contributed by atoms with Gasteiger partial charge in [-0.1, -0.05) is 29.8 Å². The summed E-state index contributed by atoms with van der Waals surface area (Å²) in [6.45, 7) is 6.11. The summed E-state index contributed by atoms with van der Waals surface area (Å²) >= 11 is 3.52. The van der Waals surface area contributed by atoms with Gasteiger partial charge in [0, 0.05) is 11.1 Å². The van der Waals surface area contributed by atoms with Gasteiger partial charge in [-0.25, -0.2) is 0 Å². The Morgan fingerprint density at radius 1 is 1.42 bits per heavy atom. The molecule has 0 aliphatic carbocycles. The number of ether oxygens (including phenoxy) is 2. The van der Waals surface area contributed by atoms with Gasteiger partial charge in [0.2, 0.25) is 0 Å². The van der Waals surface area contributed by atoms with Crippen LogP contribution >= 0.6 is 15.9 Å². The van der Waals surface area contributed by atoms with Crippen LogP contribution in [-0.2, 0) is 4.74 Å². The van der Waals surface area contributed by atoms with E-state index in [1.165, 1.54) is 18.4 Å². The van der Waals surface area contributed by atoms with Crippen molar-refractivity contribution in [3.8, 4) is 5.75 Å². The summed E-state index contributed by atoms with van der Waals surface area (Å²) in [5, 5.41) is 0. The van der Waals surface area contributed by atoms with Crippen molar-refractivity contribution in [1.82, 2.24) is 0 Å². The van der Waals surface area contributed by atoms with Crippen molar-refractivity contribution in [2.45, 2.75) is 51.6 Å². The van der Waals surface area contributed by atoms with Crippen LogP contribution in [0.5, 0.6) is 5.75 Å². The minimum absolute atomic E-state index is 0.470. The number of hydrogen-bond acceptors (Lipinski definition) is 2. The van der Waals surface area contributed by atoms with Crippen molar-refractivity contribution in [1.29, 1.82) is 0 Å². The largest absolute Gasteiger partial charge is 0.493 e. The first kappa shape index (κ1) is 14.9. The Hall–Kier alpha value is -0.540. The zero-order valence-electron chi connectivity index (χ0n) is 11.8. The molecule has 1 aromatic carbocycles. The third-order valence-electron chi connectivity index (χ3n) is 3.55. The minimum Gasteiger partial charge on any atom is -0.493 e. The summed E-state index contributed by atoms with van der Waals surface area (Å²) in [5.41, 5.74) is 1.27. The second-order valence-electron chi connectivity index (χ2n) is 5.46. The van der Waals surface area contributed by atoms with E-state index in [1.807, 2.05) is 6.07 Å². The zero-order valence-corrected chi connectivity index (χ0v) is 13.4. The standard InChI is InChI=1S/C16H23BrO2/c1-12(2)15-11-13(17)7-8-16(15)19-10-4-6-14-5-3-9-18-14/h7-8,11-12,14H,3-6,9-10H2,1-2H3. The SMILES string of the molecule is CC(C)c1cc(Br)ccc1OCCCC1CCCO1. The molecule has 1 saturated heterocycles. The highest BCUT2D eigenvalue weighted by atomic mass is 79.9. The fraction of sp³-hybridized carbons (Fsp3) is 0.625. The molecule has 3 heteroatoms. The van der Waals surface area contributed by atoms with Crippen LogP contribution in [0.25, 0.3) is 0 Å². The summed E-state index contributed by atoms with van der Waals surface area (Å²) in [4.78, 5) is 0. The highest BCUT2D eigenvalue weighted by Crippen LogP contribution is 2.29. The molecule has 0 aromatic heterocycles. The van der Waals surface area contributed by atoms with Gasteiger partial charge in [0.05, 0.1) is 12.7 Å². The number of hydrogen-bond donors (Lipinski definition) is 0. The topological polar surface area (TPSA) is 18.5 Å². The van der Waals surface area contributed by atoms with Gasteiger partial charge in [0.1, 0.15) is 5.75 Å². The molecule has 0 N–H and O–H groups in total. The molecule has 1 unspecified atom stereocenters. The Balaban J connectivity index is 1.81. The van der Waals surface area contributed by atoms with Crippen LogP contribution in [0.4, 0.5) is 0 Å². The fourth-order valence-corrected chi connectivity index (χ4v) is 2.85. The second-order valence-corrected chi connectivity index (χ2v) is 6.38. The van der Waals surface area contributed by atoms with E-state index in [1.54, 1.807) is 0 Å². The lowest BCUT2D eigenvalue weighted by atomic mass is 10.0. The molecule has 19 heavy (non-hydrogen) atoms. The first-order valence-corrected chi connectivity index (χ1v) is 8.00. The molecule has 1 fully saturated rings. The summed E-state index contributed by atoms with van der Waals surface area (Å²) < 4.78 is 12.7. The molecule has 0 radical (unpaired) electrons. The number of rotatable bonds is 6. The number of halogens is 1. The highest BCUT2D eigenvalue weighted by Gasteiger charge is 2.15. The molecule has 2 rings (SSSR count). The Morgan fingerprint density at radius 2 is 2.26 bits per heavy atom. The van der Waals surface area contributed by atoms with Gasteiger partial charge in [0.25, 0.3) is 0 Å². The van der Waals surface area contributed by atoms with E-state index in [0.29, 0.717) is 12.0 Å². The van der Waals surface area contributed by atoms with Gasteiger partial charge in [-0.3, -0.25) is 0 Å². The van der Waals surface area contributed by atoms with E-state index < -0.39 is 0 Å². The van der Waals surface area contributed by atoms with E-state index in [4.69, 9.17) is 9.47 Å². The molecule has 0 spiro atoms. The van der Waals surface area contributed by atoms with Crippen LogP contribution in [0, 0.1) is 0 Å². The lowest BCUT2D eigenvalue weighted by molar-refractivity contribution is 0.0981. The van der Waals surface area contributed by atoms with Crippen molar-refractivity contribution in [2.75, 3.05) is 13.2 Å². The van der Waals surface area contributed by atoms with Crippen molar-refractivity contribution >= 4 is 15.9 Å². The monoisotopic (exact) mass is 326 g/mol. The predicted octanol–water partition coefficient (Wildman–Crippen LogP) is 4.91. The summed E-state index contributed by atoms with van der Waals surface area (Å²) in [7, 11) is 0. The normalized spacial score (nSPS) is 19.1. The molecule has 1 atom stereocenters. The Kier molecular flexibility index (Phi) is 5.71. The van der Waals surface area contributed by atoms with E-state index in [2.05, 4.69) is 41.9 Å². The van der Waals surface area contributed by atoms with Crippen LogP contribution in [0.3, 0.4) is 0 Å². The average molecular weight is 327 g/mol. The quantitative estimate of drug-likeness (QED) is 0.691. The van der Waals surface area contributed by atoms with Crippen LogP contribution in [0.1, 0.15) is 51.0 Å². The number of benzene rings is 1. The maximum absolute atomic E-state index is 5.94. The smallest absolute Gasteiger partial charge is 0.122 e. The molecule has 1 aliphatic rings. The van der Waals surface area contributed by atoms with Crippen LogP contribution < -0.4 is 4.74 Å². The van der Waals surface area contributed by atoms with E-state index >= 15 is 0 Å². The Morgan fingerprint density at radius 3 is 2.95 bits per heavy atom. The molecule has 0 bridgehead atoms. The molecule has 0 saturated carbocycles. The van der Waals surface area contributed by atoms with E-state index in [0.717, 1.165) is 36.3 Å². The van der Waals surface area contributed by atoms with Crippen molar-refractivity contribution in [2.24, 2.45) is 0 Å². The first-order chi connectivity index (χ1) is 9.16. The summed E-state index contributed by atoms with van der Waals surface area (Å²) in [6, 6.07) is 6.26. The predicted molar refractivity (Wildman–Crippen MR) is 81.9 cm³/mol. The molecule has 1 heterocycles. The molecule has 106 valence electrons. The van der Waals surface area contributed by atoms with Crippen LogP contribution in [0.2, 0.25) is 0 Å². The third-order valence-corrected chi connectivity index (χ3v) is 4.04. The Bertz CT molecular complexity index is 398. The summed E-state index contributed by atoms with van der Waals surface area (Å²) in [6.07, 6.45) is 5.09.